The summed E-state index contributed by atoms with van der Waals surface area (Å²) < 4.78 is 0. The second kappa shape index (κ2) is 4.06. The average Bonchev–Trinajstić information content (AvgIpc) is 2.29. The van der Waals surface area contributed by atoms with Gasteiger partial charge in [0, 0.05) is 5.56 Å². The van der Waals surface area contributed by atoms with Crippen LogP contribution in [-0.4, -0.2) is 11.8 Å². The van der Waals surface area contributed by atoms with Crippen molar-refractivity contribution >= 4 is 16.6 Å². The zero-order chi connectivity index (χ0) is 11.7. The molecule has 2 aromatic carbocycles. The van der Waals surface area contributed by atoms with E-state index in [1.807, 2.05) is 43.3 Å². The van der Waals surface area contributed by atoms with Crippen molar-refractivity contribution < 1.29 is 4.79 Å². The molecule has 0 amide bonds. The number of carbonyl (C=O) groups is 1. The molecule has 0 aliphatic carbocycles. The fourth-order valence-corrected chi connectivity index (χ4v) is 1.91. The number of benzene rings is 2. The van der Waals surface area contributed by atoms with Gasteiger partial charge in [-0.15, -0.1) is 0 Å². The Hall–Kier alpha value is -1.67. The van der Waals surface area contributed by atoms with E-state index in [-0.39, 0.29) is 5.78 Å². The van der Waals surface area contributed by atoms with Gasteiger partial charge in [-0.3, -0.25) is 4.79 Å². The minimum Gasteiger partial charge on any atom is -0.321 e. The normalized spacial score (nSPS) is 12.7. The van der Waals surface area contributed by atoms with E-state index >= 15 is 0 Å². The second-order valence-corrected chi connectivity index (χ2v) is 4.13. The summed E-state index contributed by atoms with van der Waals surface area (Å²) in [7, 11) is 0. The number of nitrogens with two attached hydrogens (primary N) is 1. The third-order valence-electron chi connectivity index (χ3n) is 2.82. The molecule has 0 bridgehead atoms. The van der Waals surface area contributed by atoms with Crippen molar-refractivity contribution in [1.82, 2.24) is 0 Å². The van der Waals surface area contributed by atoms with Crippen LogP contribution in [0, 0.1) is 6.92 Å². The predicted molar refractivity (Wildman–Crippen MR) is 66.7 cm³/mol. The molecule has 0 fully saturated rings. The molecule has 0 aromatic heterocycles. The highest BCUT2D eigenvalue weighted by atomic mass is 16.1. The lowest BCUT2D eigenvalue weighted by molar-refractivity contribution is 0.0969. The molecule has 2 aromatic rings. The van der Waals surface area contributed by atoms with E-state index in [0.29, 0.717) is 0 Å². The molecule has 2 nitrogen and oxygen atoms in total. The van der Waals surface area contributed by atoms with E-state index in [0.717, 1.165) is 16.3 Å². The van der Waals surface area contributed by atoms with Crippen LogP contribution in [0.4, 0.5) is 0 Å². The second-order valence-electron chi connectivity index (χ2n) is 4.13. The van der Waals surface area contributed by atoms with Gasteiger partial charge >= 0.3 is 0 Å². The molecule has 2 heteroatoms. The van der Waals surface area contributed by atoms with Gasteiger partial charge in [0.15, 0.2) is 5.78 Å². The molecule has 2 rings (SSSR count). The van der Waals surface area contributed by atoms with Crippen molar-refractivity contribution in [1.29, 1.82) is 0 Å². The van der Waals surface area contributed by atoms with Crippen LogP contribution < -0.4 is 5.73 Å². The highest BCUT2D eigenvalue weighted by Crippen LogP contribution is 2.23. The maximum absolute atomic E-state index is 11.9. The van der Waals surface area contributed by atoms with E-state index < -0.39 is 6.04 Å². The highest BCUT2D eigenvalue weighted by molar-refractivity contribution is 6.10. The van der Waals surface area contributed by atoms with Gasteiger partial charge in [-0.1, -0.05) is 36.4 Å². The molecule has 0 heterocycles. The minimum absolute atomic E-state index is 0.00352. The van der Waals surface area contributed by atoms with Gasteiger partial charge < -0.3 is 5.73 Å². The Morgan fingerprint density at radius 1 is 1.12 bits per heavy atom. The first kappa shape index (κ1) is 10.8. The topological polar surface area (TPSA) is 43.1 Å². The number of hydrogen-bond acceptors (Lipinski definition) is 2. The molecule has 0 aliphatic heterocycles. The molecule has 0 aliphatic rings. The van der Waals surface area contributed by atoms with Gasteiger partial charge in [-0.25, -0.2) is 0 Å². The van der Waals surface area contributed by atoms with Gasteiger partial charge in [-0.05, 0) is 30.2 Å². The van der Waals surface area contributed by atoms with Crippen molar-refractivity contribution in [3.8, 4) is 0 Å². The lowest BCUT2D eigenvalue weighted by Gasteiger charge is -2.09. The Kier molecular flexibility index (Phi) is 2.75. The molecule has 0 radical (unpaired) electrons. The van der Waals surface area contributed by atoms with Crippen molar-refractivity contribution in [3.05, 3.63) is 47.5 Å². The predicted octanol–water partition coefficient (Wildman–Crippen LogP) is 2.68. The van der Waals surface area contributed by atoms with Gasteiger partial charge in [-0.2, -0.15) is 0 Å². The van der Waals surface area contributed by atoms with Crippen molar-refractivity contribution in [2.75, 3.05) is 0 Å². The summed E-state index contributed by atoms with van der Waals surface area (Å²) in [5, 5.41) is 2.11. The molecular formula is C14H15NO. The molecular weight excluding hydrogens is 198 g/mol. The van der Waals surface area contributed by atoms with Gasteiger partial charge in [0.25, 0.3) is 0 Å². The number of hydrogen-bond donors (Lipinski definition) is 1. The molecule has 0 saturated heterocycles. The summed E-state index contributed by atoms with van der Waals surface area (Å²) >= 11 is 0. The Bertz CT molecular complexity index is 543. The molecule has 0 saturated carbocycles. The molecule has 1 unspecified atom stereocenters. The SMILES string of the molecule is Cc1ccc(C(=O)C(C)N)c2ccccc12. The van der Waals surface area contributed by atoms with Crippen molar-refractivity contribution in [3.63, 3.8) is 0 Å². The van der Waals surface area contributed by atoms with Crippen LogP contribution >= 0.6 is 0 Å². The summed E-state index contributed by atoms with van der Waals surface area (Å²) in [5.74, 6) is -0.00352. The largest absolute Gasteiger partial charge is 0.321 e. The number of Topliss-reactive ketones (excluding diaryl/α,β-unsaturated/α-hetero) is 1. The van der Waals surface area contributed by atoms with Crippen LogP contribution in [0.1, 0.15) is 22.8 Å². The molecule has 82 valence electrons. The summed E-state index contributed by atoms with van der Waals surface area (Å²) in [6.07, 6.45) is 0. The van der Waals surface area contributed by atoms with E-state index in [4.69, 9.17) is 5.73 Å². The van der Waals surface area contributed by atoms with Crippen molar-refractivity contribution in [2.24, 2.45) is 5.73 Å². The van der Waals surface area contributed by atoms with Crippen LogP contribution in [0.15, 0.2) is 36.4 Å². The Labute approximate surface area is 95.1 Å². The minimum atomic E-state index is -0.453. The summed E-state index contributed by atoms with van der Waals surface area (Å²) in [5.41, 5.74) is 7.54. The number of carbonyl (C=O) groups excluding carboxylic acids is 1. The first-order valence-electron chi connectivity index (χ1n) is 5.39. The van der Waals surface area contributed by atoms with E-state index in [1.165, 1.54) is 5.56 Å². The van der Waals surface area contributed by atoms with Crippen LogP contribution in [0.5, 0.6) is 0 Å². The fraction of sp³-hybridized carbons (Fsp3) is 0.214. The van der Waals surface area contributed by atoms with Crippen LogP contribution in [-0.2, 0) is 0 Å². The number of ketones is 1. The third kappa shape index (κ3) is 1.72. The van der Waals surface area contributed by atoms with Crippen LogP contribution in [0.2, 0.25) is 0 Å². The standard InChI is InChI=1S/C14H15NO/c1-9-7-8-13(14(16)10(2)15)12-6-4-3-5-11(9)12/h3-8,10H,15H2,1-2H3. The van der Waals surface area contributed by atoms with Crippen LogP contribution in [0.3, 0.4) is 0 Å². The quantitative estimate of drug-likeness (QED) is 0.779. The Morgan fingerprint density at radius 3 is 2.38 bits per heavy atom. The summed E-state index contributed by atoms with van der Waals surface area (Å²) in [6.45, 7) is 3.76. The average molecular weight is 213 g/mol. The lowest BCUT2D eigenvalue weighted by atomic mass is 9.96. The lowest BCUT2D eigenvalue weighted by Crippen LogP contribution is -2.26. The molecule has 16 heavy (non-hydrogen) atoms. The zero-order valence-corrected chi connectivity index (χ0v) is 9.53. The van der Waals surface area contributed by atoms with Crippen molar-refractivity contribution in [2.45, 2.75) is 19.9 Å². The van der Waals surface area contributed by atoms with Gasteiger partial charge in [0.2, 0.25) is 0 Å². The Balaban J connectivity index is 2.72. The maximum atomic E-state index is 11.9. The molecule has 0 spiro atoms. The number of rotatable bonds is 2. The van der Waals surface area contributed by atoms with Crippen LogP contribution in [0.25, 0.3) is 10.8 Å². The summed E-state index contributed by atoms with van der Waals surface area (Å²) in [6, 6.07) is 11.3. The number of aryl methyl sites for hydroxylation is 1. The monoisotopic (exact) mass is 213 g/mol. The highest BCUT2D eigenvalue weighted by Gasteiger charge is 2.14. The first-order valence-corrected chi connectivity index (χ1v) is 5.39. The third-order valence-corrected chi connectivity index (χ3v) is 2.82. The number of fused-ring (bicyclic) bond motifs is 1. The first-order chi connectivity index (χ1) is 7.61. The fourth-order valence-electron chi connectivity index (χ4n) is 1.91. The molecule has 1 atom stereocenters. The maximum Gasteiger partial charge on any atom is 0.179 e. The van der Waals surface area contributed by atoms with E-state index in [9.17, 15) is 4.79 Å². The smallest absolute Gasteiger partial charge is 0.179 e. The Morgan fingerprint density at radius 2 is 1.75 bits per heavy atom. The van der Waals surface area contributed by atoms with Gasteiger partial charge in [0.1, 0.15) is 0 Å². The molecule has 2 N–H and O–H groups in total. The summed E-state index contributed by atoms with van der Waals surface area (Å²) in [4.78, 5) is 11.9. The zero-order valence-electron chi connectivity index (χ0n) is 9.53. The van der Waals surface area contributed by atoms with Gasteiger partial charge in [0.05, 0.1) is 6.04 Å². The van der Waals surface area contributed by atoms with E-state index in [2.05, 4.69) is 0 Å². The van der Waals surface area contributed by atoms with E-state index in [1.54, 1.807) is 6.92 Å².